The first-order valence-corrected chi connectivity index (χ1v) is 10.1. The van der Waals surface area contributed by atoms with Crippen LogP contribution in [-0.4, -0.2) is 59.4 Å². The summed E-state index contributed by atoms with van der Waals surface area (Å²) >= 11 is 6.44. The number of H-pyrrole nitrogens is 1. The van der Waals surface area contributed by atoms with E-state index in [-0.39, 0.29) is 0 Å². The van der Waals surface area contributed by atoms with Crippen molar-refractivity contribution in [1.29, 1.82) is 0 Å². The molecule has 8 heteroatoms. The second-order valence-electron chi connectivity index (χ2n) is 7.21. The highest BCUT2D eigenvalue weighted by atomic mass is 35.5. The van der Waals surface area contributed by atoms with E-state index in [1.165, 1.54) is 12.8 Å². The van der Waals surface area contributed by atoms with Crippen LogP contribution in [0.25, 0.3) is 22.4 Å². The van der Waals surface area contributed by atoms with Gasteiger partial charge in [-0.2, -0.15) is 0 Å². The number of aromatic amines is 1. The van der Waals surface area contributed by atoms with Crippen molar-refractivity contribution in [2.75, 3.05) is 38.6 Å². The van der Waals surface area contributed by atoms with Gasteiger partial charge in [-0.3, -0.25) is 4.79 Å². The lowest BCUT2D eigenvalue weighted by Gasteiger charge is -2.16. The molecule has 152 valence electrons. The van der Waals surface area contributed by atoms with Gasteiger partial charge in [-0.05, 0) is 51.1 Å². The lowest BCUT2D eigenvalue weighted by Crippen LogP contribution is -2.26. The Morgan fingerprint density at radius 3 is 2.83 bits per heavy atom. The lowest BCUT2D eigenvalue weighted by molar-refractivity contribution is 0.112. The summed E-state index contributed by atoms with van der Waals surface area (Å²) in [6.45, 7) is 5.82. The van der Waals surface area contributed by atoms with Crippen molar-refractivity contribution in [2.24, 2.45) is 0 Å². The molecule has 7 nitrogen and oxygen atoms in total. The number of aldehydes is 1. The van der Waals surface area contributed by atoms with E-state index in [1.807, 2.05) is 25.1 Å². The summed E-state index contributed by atoms with van der Waals surface area (Å²) in [7, 11) is 1.60. The van der Waals surface area contributed by atoms with Crippen LogP contribution in [-0.2, 0) is 0 Å². The first-order valence-electron chi connectivity index (χ1n) is 9.76. The molecule has 3 heterocycles. The number of aromatic nitrogens is 3. The standard InChI is InChI=1S/C21H24ClN5O2/c1-13-18(22)20(23-7-10-27-8-3-4-9-27)26-21(24-13)19-16(12-28)15-11-14(29-2)5-6-17(15)25-19/h5-6,11-12,25H,3-4,7-10H2,1-2H3,(H,23,24,26). The van der Waals surface area contributed by atoms with Gasteiger partial charge in [-0.25, -0.2) is 9.97 Å². The first kappa shape index (κ1) is 19.7. The summed E-state index contributed by atoms with van der Waals surface area (Å²) in [4.78, 5) is 26.7. The number of methoxy groups -OCH3 is 1. The van der Waals surface area contributed by atoms with Crippen LogP contribution in [0.1, 0.15) is 28.9 Å². The Kier molecular flexibility index (Phi) is 5.69. The minimum absolute atomic E-state index is 0.438. The van der Waals surface area contributed by atoms with Gasteiger partial charge >= 0.3 is 0 Å². The molecule has 0 atom stereocenters. The quantitative estimate of drug-likeness (QED) is 0.571. The van der Waals surface area contributed by atoms with E-state index in [0.29, 0.717) is 39.4 Å². The Labute approximate surface area is 174 Å². The van der Waals surface area contributed by atoms with Gasteiger partial charge in [-0.15, -0.1) is 0 Å². The van der Waals surface area contributed by atoms with Crippen LogP contribution < -0.4 is 10.1 Å². The summed E-state index contributed by atoms with van der Waals surface area (Å²) in [5.41, 5.74) is 2.56. The molecule has 0 unspecified atom stereocenters. The Bertz CT molecular complexity index is 1040. The first-order chi connectivity index (χ1) is 14.1. The van der Waals surface area contributed by atoms with E-state index >= 15 is 0 Å². The predicted octanol–water partition coefficient (Wildman–Crippen LogP) is 3.92. The number of carbonyl (C=O) groups excluding carboxylic acids is 1. The number of hydrogen-bond donors (Lipinski definition) is 2. The van der Waals surface area contributed by atoms with Gasteiger partial charge in [-0.1, -0.05) is 11.6 Å². The molecule has 0 radical (unpaired) electrons. The molecule has 4 rings (SSSR count). The molecule has 29 heavy (non-hydrogen) atoms. The third kappa shape index (κ3) is 3.93. The average molecular weight is 414 g/mol. The number of halogens is 1. The molecule has 0 bridgehead atoms. The van der Waals surface area contributed by atoms with Gasteiger partial charge in [0, 0.05) is 24.0 Å². The molecule has 2 aromatic heterocycles. The molecule has 1 saturated heterocycles. The van der Waals surface area contributed by atoms with E-state index in [9.17, 15) is 4.79 Å². The third-order valence-electron chi connectivity index (χ3n) is 5.32. The molecule has 0 saturated carbocycles. The van der Waals surface area contributed by atoms with Crippen molar-refractivity contribution < 1.29 is 9.53 Å². The van der Waals surface area contributed by atoms with Crippen molar-refractivity contribution >= 4 is 34.6 Å². The number of nitrogens with one attached hydrogen (secondary N) is 2. The largest absolute Gasteiger partial charge is 0.497 e. The second-order valence-corrected chi connectivity index (χ2v) is 7.59. The molecule has 0 spiro atoms. The average Bonchev–Trinajstić information content (AvgIpc) is 3.37. The minimum Gasteiger partial charge on any atom is -0.497 e. The summed E-state index contributed by atoms with van der Waals surface area (Å²) < 4.78 is 5.28. The molecule has 0 amide bonds. The van der Waals surface area contributed by atoms with Crippen LogP contribution >= 0.6 is 11.6 Å². The molecule has 2 N–H and O–H groups in total. The summed E-state index contributed by atoms with van der Waals surface area (Å²) in [6.07, 6.45) is 3.34. The zero-order valence-corrected chi connectivity index (χ0v) is 17.3. The fraction of sp³-hybridized carbons (Fsp3) is 0.381. The third-order valence-corrected chi connectivity index (χ3v) is 5.78. The van der Waals surface area contributed by atoms with Gasteiger partial charge in [0.25, 0.3) is 0 Å². The smallest absolute Gasteiger partial charge is 0.179 e. The zero-order valence-electron chi connectivity index (χ0n) is 16.6. The number of benzene rings is 1. The van der Waals surface area contributed by atoms with Crippen molar-refractivity contribution in [1.82, 2.24) is 19.9 Å². The minimum atomic E-state index is 0.438. The molecule has 1 aliphatic rings. The highest BCUT2D eigenvalue weighted by molar-refractivity contribution is 6.33. The van der Waals surface area contributed by atoms with Crippen molar-refractivity contribution in [2.45, 2.75) is 19.8 Å². The van der Waals surface area contributed by atoms with Crippen molar-refractivity contribution in [3.8, 4) is 17.3 Å². The molecular formula is C21H24ClN5O2. The van der Waals surface area contributed by atoms with E-state index in [4.69, 9.17) is 16.3 Å². The molecule has 1 aromatic carbocycles. The van der Waals surface area contributed by atoms with Crippen LogP contribution in [0.5, 0.6) is 5.75 Å². The van der Waals surface area contributed by atoms with Crippen LogP contribution in [0.4, 0.5) is 5.82 Å². The second kappa shape index (κ2) is 8.39. The van der Waals surface area contributed by atoms with Gasteiger partial charge in [0.2, 0.25) is 0 Å². The van der Waals surface area contributed by atoms with E-state index in [2.05, 4.69) is 25.2 Å². The zero-order chi connectivity index (χ0) is 20.4. The lowest BCUT2D eigenvalue weighted by atomic mass is 10.1. The molecule has 3 aromatic rings. The number of ether oxygens (including phenoxy) is 1. The highest BCUT2D eigenvalue weighted by Gasteiger charge is 2.19. The normalized spacial score (nSPS) is 14.4. The molecule has 0 aliphatic carbocycles. The molecular weight excluding hydrogens is 390 g/mol. The van der Waals surface area contributed by atoms with E-state index in [0.717, 1.165) is 43.4 Å². The number of nitrogens with zero attached hydrogens (tertiary/aromatic N) is 3. The van der Waals surface area contributed by atoms with E-state index < -0.39 is 0 Å². The van der Waals surface area contributed by atoms with Crippen LogP contribution in [0.3, 0.4) is 0 Å². The maximum Gasteiger partial charge on any atom is 0.179 e. The van der Waals surface area contributed by atoms with Crippen LogP contribution in [0, 0.1) is 6.92 Å². The van der Waals surface area contributed by atoms with Crippen molar-refractivity contribution in [3.63, 3.8) is 0 Å². The van der Waals surface area contributed by atoms with Gasteiger partial charge < -0.3 is 19.9 Å². The van der Waals surface area contributed by atoms with Gasteiger partial charge in [0.1, 0.15) is 16.6 Å². The van der Waals surface area contributed by atoms with E-state index in [1.54, 1.807) is 7.11 Å². The Hall–Kier alpha value is -2.64. The Morgan fingerprint density at radius 2 is 2.10 bits per heavy atom. The van der Waals surface area contributed by atoms with Crippen LogP contribution in [0.2, 0.25) is 5.02 Å². The topological polar surface area (TPSA) is 83.1 Å². The monoisotopic (exact) mass is 413 g/mol. The number of hydrogen-bond acceptors (Lipinski definition) is 6. The number of anilines is 1. The maximum atomic E-state index is 11.9. The van der Waals surface area contributed by atoms with Crippen molar-refractivity contribution in [3.05, 3.63) is 34.5 Å². The Balaban J connectivity index is 1.67. The summed E-state index contributed by atoms with van der Waals surface area (Å²) in [6, 6.07) is 5.55. The Morgan fingerprint density at radius 1 is 1.31 bits per heavy atom. The van der Waals surface area contributed by atoms with Gasteiger partial charge in [0.15, 0.2) is 12.1 Å². The predicted molar refractivity (Wildman–Crippen MR) is 115 cm³/mol. The number of fused-ring (bicyclic) bond motifs is 1. The molecule has 1 fully saturated rings. The number of carbonyl (C=O) groups is 1. The SMILES string of the molecule is COc1ccc2[nH]c(-c3nc(C)c(Cl)c(NCCN4CCCC4)n3)c(C=O)c2c1. The fourth-order valence-electron chi connectivity index (χ4n) is 3.74. The fourth-order valence-corrected chi connectivity index (χ4v) is 3.90. The van der Waals surface area contributed by atoms with Crippen LogP contribution in [0.15, 0.2) is 18.2 Å². The number of rotatable bonds is 7. The maximum absolute atomic E-state index is 11.9. The summed E-state index contributed by atoms with van der Waals surface area (Å²) in [5.74, 6) is 1.71. The molecule has 1 aliphatic heterocycles. The number of likely N-dealkylation sites (tertiary alicyclic amines) is 1. The summed E-state index contributed by atoms with van der Waals surface area (Å²) in [5, 5.41) is 4.61. The highest BCUT2D eigenvalue weighted by Crippen LogP contribution is 2.32. The van der Waals surface area contributed by atoms with Gasteiger partial charge in [0.05, 0.1) is 24.1 Å². The number of aryl methyl sites for hydroxylation is 1.